The zero-order valence-electron chi connectivity index (χ0n) is 12.4. The third kappa shape index (κ3) is 5.46. The van der Waals surface area contributed by atoms with Crippen molar-refractivity contribution in [3.63, 3.8) is 0 Å². The molecule has 122 valence electrons. The highest BCUT2D eigenvalue weighted by molar-refractivity contribution is 5.79. The summed E-state index contributed by atoms with van der Waals surface area (Å²) in [5.74, 6) is 1.88. The Balaban J connectivity index is 1.67. The van der Waals surface area contributed by atoms with E-state index in [0.29, 0.717) is 24.9 Å². The zero-order valence-corrected chi connectivity index (χ0v) is 12.4. The maximum absolute atomic E-state index is 12.4. The summed E-state index contributed by atoms with van der Waals surface area (Å²) >= 11 is 0. The van der Waals surface area contributed by atoms with Crippen LogP contribution in [0.1, 0.15) is 18.4 Å². The highest BCUT2D eigenvalue weighted by Crippen LogP contribution is 2.30. The quantitative estimate of drug-likeness (QED) is 0.482. The lowest BCUT2D eigenvalue weighted by molar-refractivity contribution is -0.137. The number of alkyl halides is 3. The second-order valence-corrected chi connectivity index (χ2v) is 5.19. The number of nitrogens with one attached hydrogen (secondary N) is 2. The van der Waals surface area contributed by atoms with Crippen LogP contribution in [0.4, 0.5) is 13.2 Å². The van der Waals surface area contributed by atoms with Crippen molar-refractivity contribution in [2.45, 2.75) is 19.0 Å². The number of rotatable bonds is 6. The van der Waals surface area contributed by atoms with Gasteiger partial charge in [-0.3, -0.25) is 4.99 Å². The molecular weight excluding hydrogens is 295 g/mol. The van der Waals surface area contributed by atoms with E-state index in [9.17, 15) is 13.2 Å². The van der Waals surface area contributed by atoms with E-state index in [1.165, 1.54) is 25.0 Å². The van der Waals surface area contributed by atoms with Crippen LogP contribution in [0.2, 0.25) is 0 Å². The van der Waals surface area contributed by atoms with Gasteiger partial charge in [0.25, 0.3) is 0 Å². The van der Waals surface area contributed by atoms with Crippen LogP contribution in [-0.2, 0) is 6.18 Å². The van der Waals surface area contributed by atoms with E-state index in [2.05, 4.69) is 15.6 Å². The normalized spacial score (nSPS) is 15.5. The molecule has 7 heteroatoms. The highest BCUT2D eigenvalue weighted by atomic mass is 19.4. The number of guanidine groups is 1. The fraction of sp³-hybridized carbons (Fsp3) is 0.533. The Morgan fingerprint density at radius 3 is 2.45 bits per heavy atom. The van der Waals surface area contributed by atoms with Gasteiger partial charge in [0.2, 0.25) is 0 Å². The maximum Gasteiger partial charge on any atom is 0.416 e. The number of halogens is 3. The summed E-state index contributed by atoms with van der Waals surface area (Å²) in [6, 6.07) is 4.67. The third-order valence-electron chi connectivity index (χ3n) is 3.32. The maximum atomic E-state index is 12.4. The van der Waals surface area contributed by atoms with E-state index in [1.807, 2.05) is 0 Å². The molecule has 0 spiro atoms. The minimum Gasteiger partial charge on any atom is -0.492 e. The number of ether oxygens (including phenoxy) is 1. The number of benzene rings is 1. The number of aliphatic imine (C=N–C) groups is 1. The molecule has 0 aliphatic heterocycles. The van der Waals surface area contributed by atoms with Crippen molar-refractivity contribution in [2.75, 3.05) is 26.7 Å². The molecule has 0 bridgehead atoms. The first-order chi connectivity index (χ1) is 10.5. The minimum absolute atomic E-state index is 0.343. The fourth-order valence-corrected chi connectivity index (χ4v) is 1.86. The van der Waals surface area contributed by atoms with Crippen molar-refractivity contribution in [3.05, 3.63) is 29.8 Å². The molecule has 1 aliphatic rings. The molecule has 1 aromatic carbocycles. The summed E-state index contributed by atoms with van der Waals surface area (Å²) in [6.45, 7) is 1.78. The molecule has 0 heterocycles. The summed E-state index contributed by atoms with van der Waals surface area (Å²) in [5, 5.41) is 6.30. The average molecular weight is 315 g/mol. The Hall–Kier alpha value is -1.92. The van der Waals surface area contributed by atoms with Crippen molar-refractivity contribution in [3.8, 4) is 5.75 Å². The van der Waals surface area contributed by atoms with Gasteiger partial charge in [0.05, 0.1) is 12.1 Å². The molecule has 0 unspecified atom stereocenters. The molecule has 2 N–H and O–H groups in total. The average Bonchev–Trinajstić information content (AvgIpc) is 3.30. The monoisotopic (exact) mass is 315 g/mol. The van der Waals surface area contributed by atoms with Gasteiger partial charge >= 0.3 is 6.18 Å². The van der Waals surface area contributed by atoms with Gasteiger partial charge in [-0.25, -0.2) is 0 Å². The van der Waals surface area contributed by atoms with Gasteiger partial charge in [-0.05, 0) is 43.0 Å². The van der Waals surface area contributed by atoms with Gasteiger partial charge in [0.15, 0.2) is 5.96 Å². The Kier molecular flexibility index (Phi) is 5.51. The molecule has 2 rings (SSSR count). The van der Waals surface area contributed by atoms with Gasteiger partial charge in [0, 0.05) is 13.6 Å². The lowest BCUT2D eigenvalue weighted by Gasteiger charge is -2.12. The molecule has 0 atom stereocenters. The van der Waals surface area contributed by atoms with Crippen LogP contribution >= 0.6 is 0 Å². The Morgan fingerprint density at radius 1 is 1.23 bits per heavy atom. The second kappa shape index (κ2) is 7.38. The lowest BCUT2D eigenvalue weighted by atomic mass is 10.2. The second-order valence-electron chi connectivity index (χ2n) is 5.19. The third-order valence-corrected chi connectivity index (χ3v) is 3.32. The molecule has 0 amide bonds. The molecule has 1 saturated carbocycles. The van der Waals surface area contributed by atoms with Gasteiger partial charge in [-0.1, -0.05) is 0 Å². The first-order valence-corrected chi connectivity index (χ1v) is 7.23. The van der Waals surface area contributed by atoms with E-state index in [0.717, 1.165) is 24.6 Å². The smallest absolute Gasteiger partial charge is 0.416 e. The van der Waals surface area contributed by atoms with Crippen LogP contribution in [0, 0.1) is 5.92 Å². The summed E-state index contributed by atoms with van der Waals surface area (Å²) in [4.78, 5) is 4.08. The number of hydrogen-bond donors (Lipinski definition) is 2. The van der Waals surface area contributed by atoms with Crippen LogP contribution in [0.25, 0.3) is 0 Å². The van der Waals surface area contributed by atoms with Gasteiger partial charge < -0.3 is 15.4 Å². The number of hydrogen-bond acceptors (Lipinski definition) is 2. The molecule has 0 saturated heterocycles. The van der Waals surface area contributed by atoms with E-state index in [1.54, 1.807) is 7.05 Å². The highest BCUT2D eigenvalue weighted by Gasteiger charge is 2.30. The van der Waals surface area contributed by atoms with E-state index in [-0.39, 0.29) is 0 Å². The zero-order chi connectivity index (χ0) is 16.0. The molecule has 4 nitrogen and oxygen atoms in total. The Morgan fingerprint density at radius 2 is 1.91 bits per heavy atom. The van der Waals surface area contributed by atoms with Crippen molar-refractivity contribution < 1.29 is 17.9 Å². The van der Waals surface area contributed by atoms with E-state index in [4.69, 9.17) is 4.74 Å². The summed E-state index contributed by atoms with van der Waals surface area (Å²) < 4.78 is 42.6. The van der Waals surface area contributed by atoms with Gasteiger partial charge in [-0.15, -0.1) is 0 Å². The SMILES string of the molecule is CN=C(NCCOc1ccc(C(F)(F)F)cc1)NCC1CC1. The first kappa shape index (κ1) is 16.5. The van der Waals surface area contributed by atoms with Gasteiger partial charge in [0.1, 0.15) is 12.4 Å². The van der Waals surface area contributed by atoms with Crippen LogP contribution in [0.5, 0.6) is 5.75 Å². The minimum atomic E-state index is -4.32. The molecule has 0 aromatic heterocycles. The summed E-state index contributed by atoms with van der Waals surface area (Å²) in [7, 11) is 1.69. The molecule has 1 fully saturated rings. The predicted octanol–water partition coefficient (Wildman–Crippen LogP) is 2.66. The largest absolute Gasteiger partial charge is 0.492 e. The Labute approximate surface area is 127 Å². The molecule has 0 radical (unpaired) electrons. The number of nitrogens with zero attached hydrogens (tertiary/aromatic N) is 1. The standard InChI is InChI=1S/C15H20F3N3O/c1-19-14(21-10-11-2-3-11)20-8-9-22-13-6-4-12(5-7-13)15(16,17)18/h4-7,11H,2-3,8-10H2,1H3,(H2,19,20,21). The van der Waals surface area contributed by atoms with E-state index < -0.39 is 11.7 Å². The Bertz CT molecular complexity index is 496. The van der Waals surface area contributed by atoms with Crippen molar-refractivity contribution in [1.82, 2.24) is 10.6 Å². The lowest BCUT2D eigenvalue weighted by Crippen LogP contribution is -2.40. The topological polar surface area (TPSA) is 45.7 Å². The first-order valence-electron chi connectivity index (χ1n) is 7.23. The van der Waals surface area contributed by atoms with E-state index >= 15 is 0 Å². The van der Waals surface area contributed by atoms with Crippen molar-refractivity contribution in [1.29, 1.82) is 0 Å². The van der Waals surface area contributed by atoms with Crippen molar-refractivity contribution >= 4 is 5.96 Å². The fourth-order valence-electron chi connectivity index (χ4n) is 1.86. The van der Waals surface area contributed by atoms with Crippen LogP contribution in [0.3, 0.4) is 0 Å². The van der Waals surface area contributed by atoms with Crippen LogP contribution in [-0.4, -0.2) is 32.7 Å². The van der Waals surface area contributed by atoms with Crippen LogP contribution in [0.15, 0.2) is 29.3 Å². The molecule has 1 aromatic rings. The predicted molar refractivity (Wildman–Crippen MR) is 79.0 cm³/mol. The van der Waals surface area contributed by atoms with Crippen LogP contribution < -0.4 is 15.4 Å². The molecular formula is C15H20F3N3O. The molecule has 22 heavy (non-hydrogen) atoms. The molecule has 1 aliphatic carbocycles. The summed E-state index contributed by atoms with van der Waals surface area (Å²) in [6.07, 6.45) is -1.79. The summed E-state index contributed by atoms with van der Waals surface area (Å²) in [5.41, 5.74) is -0.678. The van der Waals surface area contributed by atoms with Gasteiger partial charge in [-0.2, -0.15) is 13.2 Å². The van der Waals surface area contributed by atoms with Crippen molar-refractivity contribution in [2.24, 2.45) is 10.9 Å².